The van der Waals surface area contributed by atoms with Gasteiger partial charge in [-0.25, -0.2) is 0 Å². The molecule has 0 unspecified atom stereocenters. The van der Waals surface area contributed by atoms with Gasteiger partial charge >= 0.3 is 0 Å². The zero-order valence-electron chi connectivity index (χ0n) is 61.5. The minimum Gasteiger partial charge on any atom is -0.309 e. The van der Waals surface area contributed by atoms with Crippen LogP contribution in [0.5, 0.6) is 0 Å². The zero-order valence-corrected chi connectivity index (χ0v) is 61.5. The summed E-state index contributed by atoms with van der Waals surface area (Å²) in [5.41, 5.74) is 29.0. The largest absolute Gasteiger partial charge is 0.309 e. The average Bonchev–Trinajstić information content (AvgIpc) is 0.791. The van der Waals surface area contributed by atoms with E-state index in [1.165, 1.54) is 193 Å². The summed E-state index contributed by atoms with van der Waals surface area (Å²) in [5.74, 6) is 0. The number of rotatable bonds is 8. The Morgan fingerprint density at radius 2 is 0.413 bits per heavy atom. The van der Waals surface area contributed by atoms with Crippen LogP contribution in [0.4, 0.5) is 0 Å². The van der Waals surface area contributed by atoms with Crippen LogP contribution in [0, 0.1) is 13.8 Å². The molecule has 0 saturated carbocycles. The summed E-state index contributed by atoms with van der Waals surface area (Å²) < 4.78 is 4.87. The first-order valence-corrected chi connectivity index (χ1v) is 36.9. The van der Waals surface area contributed by atoms with Gasteiger partial charge in [0.25, 0.3) is 0 Å². The number of hydrogen-bond donors (Lipinski definition) is 0. The molecular formula is C102H86N2. The SMILES string of the molecule is CC(C)(C)c1ccc2c(c1)c1cc(C(C)(C)C)ccc1n2-c1ccc(-c2c3ccccc3c(-c3ccc(-c4ccccc4)cc3)c3ccccc23)cc1.Cc1ccc2c(c1)c1cc(C)ccc1n2-c1ccc(-c2c3ccccc3c(-c3ccc(-c4ccccc4)cc3)c3cc(C(C)(C)C)ccc23)cc1. The number of fused-ring (bicyclic) bond motifs is 10. The Hall–Kier alpha value is -11.8. The van der Waals surface area contributed by atoms with Crippen molar-refractivity contribution in [3.05, 3.63) is 349 Å². The van der Waals surface area contributed by atoms with Crippen molar-refractivity contribution in [2.24, 2.45) is 0 Å². The van der Waals surface area contributed by atoms with Crippen LogP contribution >= 0.6 is 0 Å². The van der Waals surface area contributed by atoms with Crippen LogP contribution in [0.15, 0.2) is 322 Å². The molecule has 0 aliphatic heterocycles. The van der Waals surface area contributed by atoms with E-state index in [-0.39, 0.29) is 16.2 Å². The maximum Gasteiger partial charge on any atom is 0.0541 e. The normalized spacial score (nSPS) is 12.2. The molecule has 0 atom stereocenters. The van der Waals surface area contributed by atoms with Crippen LogP contribution in [-0.4, -0.2) is 9.13 Å². The van der Waals surface area contributed by atoms with E-state index in [0.717, 1.165) is 0 Å². The van der Waals surface area contributed by atoms with Crippen molar-refractivity contribution in [1.82, 2.24) is 9.13 Å². The Kier molecular flexibility index (Phi) is 16.1. The summed E-state index contributed by atoms with van der Waals surface area (Å²) in [6.45, 7) is 25.1. The fourth-order valence-electron chi connectivity index (χ4n) is 16.3. The number of nitrogens with zero attached hydrogens (tertiary/aromatic N) is 2. The Labute approximate surface area is 611 Å². The summed E-state index contributed by atoms with van der Waals surface area (Å²) in [6.07, 6.45) is 0. The number of aryl methyl sites for hydroxylation is 2. The molecule has 504 valence electrons. The van der Waals surface area contributed by atoms with Crippen LogP contribution in [-0.2, 0) is 16.2 Å². The van der Waals surface area contributed by atoms with E-state index in [4.69, 9.17) is 0 Å². The van der Waals surface area contributed by atoms with Gasteiger partial charge in [-0.3, -0.25) is 0 Å². The molecular weight excluding hydrogens is 1250 g/mol. The zero-order chi connectivity index (χ0) is 71.3. The van der Waals surface area contributed by atoms with Crippen molar-refractivity contribution in [2.45, 2.75) is 92.4 Å². The molecule has 0 aliphatic carbocycles. The van der Waals surface area contributed by atoms with Gasteiger partial charge in [0.15, 0.2) is 0 Å². The first kappa shape index (κ1) is 65.5. The topological polar surface area (TPSA) is 9.86 Å². The lowest BCUT2D eigenvalue weighted by molar-refractivity contribution is 0.590. The standard InChI is InChI=1S/C52H45N.C50H41N/c1-51(2,3)38-26-30-47-45(32-38)46-33-39(52(4,5)6)27-31-48(46)53(47)40-28-24-37(25-29-40)50-43-18-12-10-16-41(43)49(42-17-11-13-19-44(42)50)36-22-20-35(21-23-36)34-14-8-7-9-15-34;1-32-15-27-46-43(29-32)44-30-33(2)16-28-47(44)51(46)39-24-21-37(22-25-39)48-40-13-9-10-14-41(40)49(45-31-38(50(3,4)5)23-26-42(45)48)36-19-17-35(18-20-36)34-11-7-6-8-12-34/h7-33H,1-6H3;6-31H,1-5H3. The molecule has 18 aromatic rings. The highest BCUT2D eigenvalue weighted by molar-refractivity contribution is 6.23. The Morgan fingerprint density at radius 3 is 0.731 bits per heavy atom. The third-order valence-corrected chi connectivity index (χ3v) is 21.8. The Morgan fingerprint density at radius 1 is 0.183 bits per heavy atom. The minimum atomic E-state index is 0.0233. The molecule has 16 aromatic carbocycles. The molecule has 2 nitrogen and oxygen atoms in total. The summed E-state index contributed by atoms with van der Waals surface area (Å²) in [6, 6.07) is 120. The van der Waals surface area contributed by atoms with Crippen molar-refractivity contribution in [2.75, 3.05) is 0 Å². The quantitative estimate of drug-likeness (QED) is 0.134. The molecule has 104 heavy (non-hydrogen) atoms. The Bertz CT molecular complexity index is 6150. The Balaban J connectivity index is 0.000000154. The highest BCUT2D eigenvalue weighted by atomic mass is 15.0. The van der Waals surface area contributed by atoms with Gasteiger partial charge in [0.05, 0.1) is 22.1 Å². The van der Waals surface area contributed by atoms with Crippen molar-refractivity contribution in [3.8, 4) is 78.1 Å². The summed E-state index contributed by atoms with van der Waals surface area (Å²) in [7, 11) is 0. The molecule has 2 heterocycles. The first-order valence-electron chi connectivity index (χ1n) is 36.9. The third-order valence-electron chi connectivity index (χ3n) is 21.8. The van der Waals surface area contributed by atoms with Crippen molar-refractivity contribution < 1.29 is 0 Å². The lowest BCUT2D eigenvalue weighted by Crippen LogP contribution is -2.10. The summed E-state index contributed by atoms with van der Waals surface area (Å²) in [4.78, 5) is 0. The minimum absolute atomic E-state index is 0.0233. The molecule has 18 rings (SSSR count). The number of hydrogen-bond acceptors (Lipinski definition) is 0. The van der Waals surface area contributed by atoms with Gasteiger partial charge in [0.1, 0.15) is 0 Å². The van der Waals surface area contributed by atoms with Crippen LogP contribution in [0.2, 0.25) is 0 Å². The summed E-state index contributed by atoms with van der Waals surface area (Å²) >= 11 is 0. The van der Waals surface area contributed by atoms with Gasteiger partial charge in [-0.15, -0.1) is 0 Å². The molecule has 0 spiro atoms. The van der Waals surface area contributed by atoms with E-state index in [0.29, 0.717) is 0 Å². The maximum atomic E-state index is 2.45. The predicted octanol–water partition coefficient (Wildman–Crippen LogP) is 28.7. The van der Waals surface area contributed by atoms with Gasteiger partial charge in [-0.2, -0.15) is 0 Å². The molecule has 0 amide bonds. The van der Waals surface area contributed by atoms with Gasteiger partial charge < -0.3 is 9.13 Å². The van der Waals surface area contributed by atoms with Crippen LogP contribution in [0.1, 0.15) is 90.1 Å². The van der Waals surface area contributed by atoms with Gasteiger partial charge in [-0.05, 0) is 235 Å². The molecule has 0 radical (unpaired) electrons. The van der Waals surface area contributed by atoms with Crippen LogP contribution in [0.25, 0.3) is 165 Å². The molecule has 2 heteroatoms. The van der Waals surface area contributed by atoms with Crippen LogP contribution in [0.3, 0.4) is 0 Å². The predicted molar refractivity (Wildman–Crippen MR) is 450 cm³/mol. The van der Waals surface area contributed by atoms with E-state index in [1.54, 1.807) is 0 Å². The van der Waals surface area contributed by atoms with E-state index < -0.39 is 0 Å². The summed E-state index contributed by atoms with van der Waals surface area (Å²) in [5, 5.41) is 15.4. The average molecular weight is 1340 g/mol. The van der Waals surface area contributed by atoms with Crippen molar-refractivity contribution >= 4 is 86.7 Å². The molecule has 0 N–H and O–H groups in total. The second kappa shape index (κ2) is 25.6. The molecule has 2 aromatic heterocycles. The fourth-order valence-corrected chi connectivity index (χ4v) is 16.3. The van der Waals surface area contributed by atoms with Gasteiger partial charge in [0.2, 0.25) is 0 Å². The van der Waals surface area contributed by atoms with Crippen molar-refractivity contribution in [1.29, 1.82) is 0 Å². The smallest absolute Gasteiger partial charge is 0.0541 e. The first-order chi connectivity index (χ1) is 50.3. The van der Waals surface area contributed by atoms with E-state index in [2.05, 4.69) is 407 Å². The van der Waals surface area contributed by atoms with Gasteiger partial charge in [-0.1, -0.05) is 316 Å². The van der Waals surface area contributed by atoms with Crippen LogP contribution < -0.4 is 0 Å². The number of benzene rings is 16. The van der Waals surface area contributed by atoms with E-state index in [9.17, 15) is 0 Å². The van der Waals surface area contributed by atoms with E-state index in [1.807, 2.05) is 0 Å². The fraction of sp³-hybridized carbons (Fsp3) is 0.137. The maximum absolute atomic E-state index is 2.45. The van der Waals surface area contributed by atoms with Gasteiger partial charge in [0, 0.05) is 32.9 Å². The second-order valence-electron chi connectivity index (χ2n) is 31.8. The monoisotopic (exact) mass is 1340 g/mol. The lowest BCUT2D eigenvalue weighted by atomic mass is 9.81. The highest BCUT2D eigenvalue weighted by Crippen LogP contribution is 2.48. The third kappa shape index (κ3) is 11.6. The second-order valence-corrected chi connectivity index (χ2v) is 31.8. The molecule has 0 bridgehead atoms. The highest BCUT2D eigenvalue weighted by Gasteiger charge is 2.25. The molecule has 0 saturated heterocycles. The molecule has 0 aliphatic rings. The number of aromatic nitrogens is 2. The lowest BCUT2D eigenvalue weighted by Gasteiger charge is -2.23. The molecule has 0 fully saturated rings. The van der Waals surface area contributed by atoms with Crippen molar-refractivity contribution in [3.63, 3.8) is 0 Å². The van der Waals surface area contributed by atoms with E-state index >= 15 is 0 Å².